The van der Waals surface area contributed by atoms with Crippen LogP contribution in [-0.2, 0) is 6.54 Å². The molecule has 0 amide bonds. The van der Waals surface area contributed by atoms with Crippen molar-refractivity contribution >= 4 is 22.9 Å². The summed E-state index contributed by atoms with van der Waals surface area (Å²) in [5, 5.41) is 3.26. The molecule has 0 spiro atoms. The Hall–Kier alpha value is -2.40. The van der Waals surface area contributed by atoms with Gasteiger partial charge in [-0.1, -0.05) is 24.2 Å². The minimum absolute atomic E-state index is 0.105. The van der Waals surface area contributed by atoms with Crippen molar-refractivity contribution < 1.29 is 4.39 Å². The van der Waals surface area contributed by atoms with Crippen LogP contribution in [0.1, 0.15) is 11.3 Å². The highest BCUT2D eigenvalue weighted by atomic mass is 35.5. The third-order valence-corrected chi connectivity index (χ3v) is 3.38. The Balaban J connectivity index is 1.77. The van der Waals surface area contributed by atoms with E-state index in [1.807, 2.05) is 16.8 Å². The summed E-state index contributed by atoms with van der Waals surface area (Å²) in [5.74, 6) is -0.428. The second-order valence-corrected chi connectivity index (χ2v) is 4.92. The maximum atomic E-state index is 13.1. The van der Waals surface area contributed by atoms with Gasteiger partial charge in [-0.2, -0.15) is 0 Å². The van der Waals surface area contributed by atoms with E-state index in [0.29, 0.717) is 17.9 Å². The first-order valence-electron chi connectivity index (χ1n) is 6.30. The maximum absolute atomic E-state index is 13.1. The fraction of sp³-hybridized carbons (Fsp3) is 0.0667. The number of nitrogens with one attached hydrogen (secondary N) is 1. The van der Waals surface area contributed by atoms with Gasteiger partial charge in [0.2, 0.25) is 0 Å². The Morgan fingerprint density at radius 2 is 2.05 bits per heavy atom. The molecule has 106 valence electrons. The van der Waals surface area contributed by atoms with Gasteiger partial charge >= 0.3 is 0 Å². The average Bonchev–Trinajstić information content (AvgIpc) is 2.96. The SMILES string of the molecule is C=C(NCc1ccc(F)c(Cl)c1)c1nccn2ccnc12. The number of rotatable bonds is 4. The largest absolute Gasteiger partial charge is 0.380 e. The molecule has 6 heteroatoms. The molecule has 1 aromatic carbocycles. The zero-order chi connectivity index (χ0) is 14.8. The van der Waals surface area contributed by atoms with Crippen molar-refractivity contribution in [2.75, 3.05) is 0 Å². The molecule has 0 saturated carbocycles. The van der Waals surface area contributed by atoms with E-state index in [9.17, 15) is 4.39 Å². The number of nitrogens with zero attached hydrogens (tertiary/aromatic N) is 3. The number of hydrogen-bond acceptors (Lipinski definition) is 3. The minimum atomic E-state index is -0.428. The monoisotopic (exact) mass is 302 g/mol. The Kier molecular flexibility index (Phi) is 3.58. The van der Waals surface area contributed by atoms with Crippen LogP contribution in [0, 0.1) is 5.82 Å². The van der Waals surface area contributed by atoms with Crippen LogP contribution >= 0.6 is 11.6 Å². The van der Waals surface area contributed by atoms with Crippen molar-refractivity contribution in [2.24, 2.45) is 0 Å². The molecule has 3 rings (SSSR count). The van der Waals surface area contributed by atoms with E-state index in [2.05, 4.69) is 21.9 Å². The van der Waals surface area contributed by atoms with Crippen LogP contribution in [-0.4, -0.2) is 14.4 Å². The van der Waals surface area contributed by atoms with E-state index in [1.165, 1.54) is 6.07 Å². The quantitative estimate of drug-likeness (QED) is 0.804. The highest BCUT2D eigenvalue weighted by Crippen LogP contribution is 2.17. The summed E-state index contributed by atoms with van der Waals surface area (Å²) in [7, 11) is 0. The summed E-state index contributed by atoms with van der Waals surface area (Å²) < 4.78 is 15.0. The van der Waals surface area contributed by atoms with Crippen LogP contribution in [0.5, 0.6) is 0 Å². The van der Waals surface area contributed by atoms with Crippen LogP contribution in [0.4, 0.5) is 4.39 Å². The van der Waals surface area contributed by atoms with E-state index in [-0.39, 0.29) is 5.02 Å². The van der Waals surface area contributed by atoms with Gasteiger partial charge in [0.15, 0.2) is 5.65 Å². The maximum Gasteiger partial charge on any atom is 0.164 e. The number of aromatic nitrogens is 3. The molecule has 21 heavy (non-hydrogen) atoms. The molecule has 0 radical (unpaired) electrons. The van der Waals surface area contributed by atoms with Gasteiger partial charge in [-0.25, -0.2) is 14.4 Å². The van der Waals surface area contributed by atoms with Crippen LogP contribution in [0.25, 0.3) is 11.3 Å². The predicted molar refractivity (Wildman–Crippen MR) is 80.3 cm³/mol. The smallest absolute Gasteiger partial charge is 0.164 e. The van der Waals surface area contributed by atoms with Crippen molar-refractivity contribution in [3.05, 3.63) is 71.7 Å². The molecule has 4 nitrogen and oxygen atoms in total. The van der Waals surface area contributed by atoms with Crippen LogP contribution in [0.2, 0.25) is 5.02 Å². The first-order valence-corrected chi connectivity index (χ1v) is 6.67. The third kappa shape index (κ3) is 2.73. The van der Waals surface area contributed by atoms with Crippen LogP contribution in [0.3, 0.4) is 0 Å². The number of benzene rings is 1. The van der Waals surface area contributed by atoms with Gasteiger partial charge in [-0.15, -0.1) is 0 Å². The van der Waals surface area contributed by atoms with Crippen molar-refractivity contribution in [3.8, 4) is 0 Å². The molecule has 0 unspecified atom stereocenters. The lowest BCUT2D eigenvalue weighted by molar-refractivity contribution is 0.627. The normalized spacial score (nSPS) is 10.8. The fourth-order valence-electron chi connectivity index (χ4n) is 2.01. The van der Waals surface area contributed by atoms with E-state index in [0.717, 1.165) is 11.2 Å². The van der Waals surface area contributed by atoms with E-state index in [4.69, 9.17) is 11.6 Å². The summed E-state index contributed by atoms with van der Waals surface area (Å²) in [6.45, 7) is 4.45. The molecule has 0 fully saturated rings. The zero-order valence-electron chi connectivity index (χ0n) is 11.1. The van der Waals surface area contributed by atoms with Gasteiger partial charge < -0.3 is 9.72 Å². The van der Waals surface area contributed by atoms with E-state index >= 15 is 0 Å². The summed E-state index contributed by atoms with van der Waals surface area (Å²) in [6.07, 6.45) is 7.05. The van der Waals surface area contributed by atoms with Crippen LogP contribution in [0.15, 0.2) is 49.6 Å². The Bertz CT molecular complexity index is 812. The lowest BCUT2D eigenvalue weighted by atomic mass is 10.2. The second kappa shape index (κ2) is 5.54. The predicted octanol–water partition coefficient (Wildman–Crippen LogP) is 3.28. The highest BCUT2D eigenvalue weighted by Gasteiger charge is 2.08. The van der Waals surface area contributed by atoms with Gasteiger partial charge in [0.05, 0.1) is 10.7 Å². The number of hydrogen-bond donors (Lipinski definition) is 1. The molecule has 0 aliphatic heterocycles. The topological polar surface area (TPSA) is 42.2 Å². The molecule has 0 aliphatic carbocycles. The molecule has 0 bridgehead atoms. The average molecular weight is 303 g/mol. The van der Waals surface area contributed by atoms with Crippen molar-refractivity contribution in [1.29, 1.82) is 0 Å². The Morgan fingerprint density at radius 3 is 2.81 bits per heavy atom. The first kappa shape index (κ1) is 13.6. The van der Waals surface area contributed by atoms with Gasteiger partial charge in [-0.3, -0.25) is 0 Å². The van der Waals surface area contributed by atoms with Gasteiger partial charge in [0, 0.05) is 31.3 Å². The lowest BCUT2D eigenvalue weighted by Crippen LogP contribution is -2.13. The van der Waals surface area contributed by atoms with Gasteiger partial charge in [0.1, 0.15) is 11.5 Å². The minimum Gasteiger partial charge on any atom is -0.380 e. The summed E-state index contributed by atoms with van der Waals surface area (Å²) in [6, 6.07) is 4.60. The second-order valence-electron chi connectivity index (χ2n) is 4.51. The van der Waals surface area contributed by atoms with Gasteiger partial charge in [0.25, 0.3) is 0 Å². The standard InChI is InChI=1S/C15H12ClFN4/c1-10(14-15-19-5-7-21(15)6-4-18-14)20-9-11-2-3-13(17)12(16)8-11/h2-8,20H,1,9H2. The zero-order valence-corrected chi connectivity index (χ0v) is 11.8. The number of halogens is 2. The van der Waals surface area contributed by atoms with Crippen molar-refractivity contribution in [2.45, 2.75) is 6.54 Å². The molecule has 0 aliphatic rings. The van der Waals surface area contributed by atoms with Gasteiger partial charge in [-0.05, 0) is 17.7 Å². The lowest BCUT2D eigenvalue weighted by Gasteiger charge is -2.10. The molecule has 3 aromatic rings. The fourth-order valence-corrected chi connectivity index (χ4v) is 2.21. The molecule has 2 heterocycles. The van der Waals surface area contributed by atoms with E-state index in [1.54, 1.807) is 24.5 Å². The van der Waals surface area contributed by atoms with Crippen molar-refractivity contribution in [3.63, 3.8) is 0 Å². The summed E-state index contributed by atoms with van der Waals surface area (Å²) in [5.41, 5.74) is 2.91. The number of imidazole rings is 1. The molecular formula is C15H12ClFN4. The summed E-state index contributed by atoms with van der Waals surface area (Å²) in [4.78, 5) is 8.54. The molecule has 1 N–H and O–H groups in total. The Morgan fingerprint density at radius 1 is 1.29 bits per heavy atom. The summed E-state index contributed by atoms with van der Waals surface area (Å²) >= 11 is 5.76. The first-order chi connectivity index (χ1) is 10.1. The van der Waals surface area contributed by atoms with Crippen LogP contribution < -0.4 is 5.32 Å². The Labute approximate surface area is 125 Å². The molecule has 0 atom stereocenters. The molecular weight excluding hydrogens is 291 g/mol. The molecule has 0 saturated heterocycles. The highest BCUT2D eigenvalue weighted by molar-refractivity contribution is 6.30. The number of fused-ring (bicyclic) bond motifs is 1. The van der Waals surface area contributed by atoms with Crippen molar-refractivity contribution in [1.82, 2.24) is 19.7 Å². The third-order valence-electron chi connectivity index (χ3n) is 3.09. The molecule has 2 aromatic heterocycles. The van der Waals surface area contributed by atoms with E-state index < -0.39 is 5.82 Å².